The molecule has 0 saturated carbocycles. The van der Waals surface area contributed by atoms with Crippen molar-refractivity contribution in [1.82, 2.24) is 14.5 Å². The number of benzene rings is 1. The number of thiazole rings is 1. The summed E-state index contributed by atoms with van der Waals surface area (Å²) in [4.78, 5) is 42.1. The number of aryl methyl sites for hydroxylation is 1. The fourth-order valence-electron chi connectivity index (χ4n) is 2.86. The molecule has 4 rings (SSSR count). The van der Waals surface area contributed by atoms with Gasteiger partial charge in [0.05, 0.1) is 17.0 Å². The number of Topliss-reactive ketones (excluding diaryl/α,β-unsaturated/α-hetero) is 2. The Labute approximate surface area is 163 Å². The van der Waals surface area contributed by atoms with Crippen LogP contribution in [0.3, 0.4) is 0 Å². The Kier molecular flexibility index (Phi) is 4.70. The third kappa shape index (κ3) is 3.54. The van der Waals surface area contributed by atoms with Gasteiger partial charge in [0.1, 0.15) is 6.26 Å². The molecule has 0 spiro atoms. The fraction of sp³-hybridized carbons (Fsp3) is 0.150. The highest BCUT2D eigenvalue weighted by Gasteiger charge is 2.16. The van der Waals surface area contributed by atoms with Gasteiger partial charge < -0.3 is 4.52 Å². The molecule has 0 radical (unpaired) electrons. The van der Waals surface area contributed by atoms with Crippen LogP contribution in [-0.2, 0) is 12.8 Å². The number of fused-ring (bicyclic) bond motifs is 1. The molecule has 3 aromatic heterocycles. The first-order chi connectivity index (χ1) is 13.5. The quantitative estimate of drug-likeness (QED) is 0.468. The SMILES string of the molecule is Cc1ccc(C(=O)Cc2ccon2)cc1CC(=O)c1cn2c(=O)ccnc2s1. The third-order valence-electron chi connectivity index (χ3n) is 4.42. The zero-order valence-electron chi connectivity index (χ0n) is 14.9. The highest BCUT2D eigenvalue weighted by Crippen LogP contribution is 2.20. The first kappa shape index (κ1) is 18.0. The van der Waals surface area contributed by atoms with Crippen molar-refractivity contribution in [3.63, 3.8) is 0 Å². The second kappa shape index (κ2) is 7.32. The van der Waals surface area contributed by atoms with Gasteiger partial charge in [-0.15, -0.1) is 0 Å². The Morgan fingerprint density at radius 2 is 2.00 bits per heavy atom. The van der Waals surface area contributed by atoms with Crippen LogP contribution in [0.2, 0.25) is 0 Å². The number of ketones is 2. The van der Waals surface area contributed by atoms with Gasteiger partial charge in [0.25, 0.3) is 5.56 Å². The minimum atomic E-state index is -0.225. The summed E-state index contributed by atoms with van der Waals surface area (Å²) in [5.41, 5.74) is 2.55. The summed E-state index contributed by atoms with van der Waals surface area (Å²) in [6.07, 6.45) is 4.65. The summed E-state index contributed by atoms with van der Waals surface area (Å²) >= 11 is 1.17. The fourth-order valence-corrected chi connectivity index (χ4v) is 3.75. The molecular weight excluding hydrogens is 378 g/mol. The summed E-state index contributed by atoms with van der Waals surface area (Å²) in [5.74, 6) is -0.223. The number of aromatic nitrogens is 3. The van der Waals surface area contributed by atoms with Gasteiger partial charge in [-0.2, -0.15) is 0 Å². The van der Waals surface area contributed by atoms with Gasteiger partial charge in [-0.05, 0) is 24.1 Å². The van der Waals surface area contributed by atoms with Crippen molar-refractivity contribution in [2.24, 2.45) is 0 Å². The number of carbonyl (C=O) groups excluding carboxylic acids is 2. The van der Waals surface area contributed by atoms with Gasteiger partial charge in [0.2, 0.25) is 0 Å². The largest absolute Gasteiger partial charge is 0.364 e. The molecule has 0 N–H and O–H groups in total. The van der Waals surface area contributed by atoms with Gasteiger partial charge in [0.15, 0.2) is 16.5 Å². The number of carbonyl (C=O) groups is 2. The van der Waals surface area contributed by atoms with Crippen LogP contribution >= 0.6 is 11.3 Å². The molecule has 0 aliphatic rings. The second-order valence-corrected chi connectivity index (χ2v) is 7.37. The van der Waals surface area contributed by atoms with Gasteiger partial charge in [-0.25, -0.2) is 4.98 Å². The Hall–Kier alpha value is -3.39. The van der Waals surface area contributed by atoms with E-state index in [1.807, 2.05) is 13.0 Å². The van der Waals surface area contributed by atoms with Crippen LogP contribution in [0.25, 0.3) is 4.96 Å². The Morgan fingerprint density at radius 1 is 1.14 bits per heavy atom. The predicted molar refractivity (Wildman–Crippen MR) is 103 cm³/mol. The first-order valence-electron chi connectivity index (χ1n) is 8.53. The van der Waals surface area contributed by atoms with Gasteiger partial charge in [-0.1, -0.05) is 28.6 Å². The molecular formula is C20H15N3O4S. The molecule has 0 fully saturated rings. The predicted octanol–water partition coefficient (Wildman–Crippen LogP) is 2.90. The van der Waals surface area contributed by atoms with Crippen molar-refractivity contribution in [2.75, 3.05) is 0 Å². The molecule has 4 aromatic rings. The average Bonchev–Trinajstić information content (AvgIpc) is 3.33. The normalized spacial score (nSPS) is 11.0. The zero-order valence-corrected chi connectivity index (χ0v) is 15.7. The first-order valence-corrected chi connectivity index (χ1v) is 9.35. The number of nitrogens with zero attached hydrogens (tertiary/aromatic N) is 3. The molecule has 0 atom stereocenters. The molecule has 0 unspecified atom stereocenters. The van der Waals surface area contributed by atoms with Crippen LogP contribution in [0, 0.1) is 6.92 Å². The van der Waals surface area contributed by atoms with Crippen LogP contribution in [0.15, 0.2) is 58.3 Å². The summed E-state index contributed by atoms with van der Waals surface area (Å²) in [6, 6.07) is 8.31. The lowest BCUT2D eigenvalue weighted by Crippen LogP contribution is -2.10. The van der Waals surface area contributed by atoms with Gasteiger partial charge in [-0.3, -0.25) is 18.8 Å². The number of hydrogen-bond donors (Lipinski definition) is 0. The molecule has 3 heterocycles. The van der Waals surface area contributed by atoms with Crippen molar-refractivity contribution >= 4 is 27.9 Å². The van der Waals surface area contributed by atoms with Crippen molar-refractivity contribution in [1.29, 1.82) is 0 Å². The van der Waals surface area contributed by atoms with Crippen molar-refractivity contribution in [2.45, 2.75) is 19.8 Å². The molecule has 0 saturated heterocycles. The topological polar surface area (TPSA) is 94.5 Å². The third-order valence-corrected chi connectivity index (χ3v) is 5.46. The van der Waals surface area contributed by atoms with Crippen LogP contribution in [0.5, 0.6) is 0 Å². The van der Waals surface area contributed by atoms with Crippen LogP contribution < -0.4 is 5.56 Å². The smallest absolute Gasteiger partial charge is 0.258 e. The van der Waals surface area contributed by atoms with E-state index in [4.69, 9.17) is 4.52 Å². The minimum Gasteiger partial charge on any atom is -0.364 e. The van der Waals surface area contributed by atoms with Crippen LogP contribution in [0.1, 0.15) is 36.9 Å². The molecule has 0 bridgehead atoms. The van der Waals surface area contributed by atoms with E-state index in [0.29, 0.717) is 21.1 Å². The Bertz CT molecular complexity index is 1240. The Balaban J connectivity index is 1.58. The molecule has 140 valence electrons. The van der Waals surface area contributed by atoms with E-state index in [0.717, 1.165) is 11.1 Å². The standard InChI is InChI=1S/C20H15N3O4S/c1-12-2-3-13(16(24)10-15-5-7-27-22-15)8-14(12)9-17(25)18-11-23-19(26)4-6-21-20(23)28-18/h2-8,11H,9-10H2,1H3. The van der Waals surface area contributed by atoms with E-state index in [9.17, 15) is 14.4 Å². The number of hydrogen-bond acceptors (Lipinski definition) is 7. The van der Waals surface area contributed by atoms with E-state index in [2.05, 4.69) is 10.1 Å². The van der Waals surface area contributed by atoms with Crippen molar-refractivity contribution in [3.8, 4) is 0 Å². The lowest BCUT2D eigenvalue weighted by Gasteiger charge is -2.07. The maximum Gasteiger partial charge on any atom is 0.258 e. The number of rotatable bonds is 6. The molecule has 0 aliphatic carbocycles. The lowest BCUT2D eigenvalue weighted by atomic mass is 9.97. The monoisotopic (exact) mass is 393 g/mol. The van der Waals surface area contributed by atoms with Crippen LogP contribution in [-0.4, -0.2) is 26.1 Å². The molecule has 8 heteroatoms. The average molecular weight is 393 g/mol. The maximum atomic E-state index is 12.7. The summed E-state index contributed by atoms with van der Waals surface area (Å²) in [5, 5.41) is 3.76. The molecule has 0 amide bonds. The summed E-state index contributed by atoms with van der Waals surface area (Å²) < 4.78 is 6.12. The minimum absolute atomic E-state index is 0.0970. The van der Waals surface area contributed by atoms with Crippen molar-refractivity contribution < 1.29 is 14.1 Å². The molecule has 7 nitrogen and oxygen atoms in total. The molecule has 0 aliphatic heterocycles. The zero-order chi connectivity index (χ0) is 19.7. The van der Waals surface area contributed by atoms with Crippen molar-refractivity contribution in [3.05, 3.63) is 86.6 Å². The van der Waals surface area contributed by atoms with E-state index in [1.54, 1.807) is 18.2 Å². The maximum absolute atomic E-state index is 12.7. The van der Waals surface area contributed by atoms with Gasteiger partial charge in [0, 0.05) is 36.5 Å². The van der Waals surface area contributed by atoms with Gasteiger partial charge >= 0.3 is 0 Å². The highest BCUT2D eigenvalue weighted by molar-refractivity contribution is 7.18. The summed E-state index contributed by atoms with van der Waals surface area (Å²) in [7, 11) is 0. The molecule has 28 heavy (non-hydrogen) atoms. The lowest BCUT2D eigenvalue weighted by molar-refractivity contribution is 0.0981. The van der Waals surface area contributed by atoms with E-state index in [1.165, 1.54) is 40.5 Å². The van der Waals surface area contributed by atoms with E-state index < -0.39 is 0 Å². The Morgan fingerprint density at radius 3 is 2.75 bits per heavy atom. The molecule has 1 aromatic carbocycles. The summed E-state index contributed by atoms with van der Waals surface area (Å²) in [6.45, 7) is 1.89. The van der Waals surface area contributed by atoms with E-state index in [-0.39, 0.29) is 30.0 Å². The second-order valence-electron chi connectivity index (χ2n) is 6.36. The van der Waals surface area contributed by atoms with Crippen LogP contribution in [0.4, 0.5) is 0 Å². The van der Waals surface area contributed by atoms with E-state index >= 15 is 0 Å². The highest BCUT2D eigenvalue weighted by atomic mass is 32.1.